The molecule has 0 aliphatic carbocycles. The van der Waals surface area contributed by atoms with Gasteiger partial charge in [0.25, 0.3) is 0 Å². The summed E-state index contributed by atoms with van der Waals surface area (Å²) in [5.41, 5.74) is 3.82. The summed E-state index contributed by atoms with van der Waals surface area (Å²) in [4.78, 5) is 16.9. The number of pyridine rings is 2. The number of aryl methyl sites for hydroxylation is 1. The van der Waals surface area contributed by atoms with Crippen LogP contribution in [-0.2, 0) is 6.54 Å². The Balaban J connectivity index is 1.68. The second kappa shape index (κ2) is 6.49. The van der Waals surface area contributed by atoms with Crippen LogP contribution in [0.2, 0.25) is 5.15 Å². The molecule has 0 aliphatic rings. The number of halogens is 1. The van der Waals surface area contributed by atoms with Crippen LogP contribution in [0.1, 0.15) is 11.5 Å². The highest BCUT2D eigenvalue weighted by Gasteiger charge is 2.02. The monoisotopic (exact) mass is 311 g/mol. The van der Waals surface area contributed by atoms with E-state index in [1.807, 2.05) is 25.1 Å². The molecule has 0 aromatic carbocycles. The molecule has 3 heterocycles. The third-order valence-corrected chi connectivity index (χ3v) is 3.34. The Hall–Kier alpha value is -2.53. The summed E-state index contributed by atoms with van der Waals surface area (Å²) < 4.78 is 0. The Morgan fingerprint density at radius 2 is 1.73 bits per heavy atom. The zero-order valence-electron chi connectivity index (χ0n) is 12.0. The minimum absolute atomic E-state index is 0.470. The van der Waals surface area contributed by atoms with Crippen LogP contribution in [0.15, 0.2) is 49.1 Å². The standard InChI is InChI=1S/C16H14ClN5/c1-11-6-14(4-5-18-11)19-10-16-21-8-13(9-22-16)12-2-3-15(17)20-7-12/h2-9H,10H2,1H3,(H,18,19). The lowest BCUT2D eigenvalue weighted by Gasteiger charge is -2.06. The van der Waals surface area contributed by atoms with Gasteiger partial charge < -0.3 is 5.32 Å². The third kappa shape index (κ3) is 3.56. The fourth-order valence-electron chi connectivity index (χ4n) is 1.98. The molecular formula is C16H14ClN5. The average Bonchev–Trinajstić information content (AvgIpc) is 2.54. The summed E-state index contributed by atoms with van der Waals surface area (Å²) in [5.74, 6) is 0.722. The Bertz CT molecular complexity index is 756. The predicted molar refractivity (Wildman–Crippen MR) is 86.6 cm³/mol. The molecule has 0 spiro atoms. The second-order valence-corrected chi connectivity index (χ2v) is 5.18. The van der Waals surface area contributed by atoms with E-state index in [1.165, 1.54) is 0 Å². The van der Waals surface area contributed by atoms with E-state index in [4.69, 9.17) is 11.6 Å². The Morgan fingerprint density at radius 1 is 0.955 bits per heavy atom. The molecule has 0 bridgehead atoms. The van der Waals surface area contributed by atoms with Gasteiger partial charge in [0, 0.05) is 47.3 Å². The van der Waals surface area contributed by atoms with Crippen molar-refractivity contribution in [3.8, 4) is 11.1 Å². The van der Waals surface area contributed by atoms with Gasteiger partial charge in [-0.15, -0.1) is 0 Å². The van der Waals surface area contributed by atoms with Crippen molar-refractivity contribution >= 4 is 17.3 Å². The summed E-state index contributed by atoms with van der Waals surface area (Å²) >= 11 is 5.78. The van der Waals surface area contributed by atoms with Gasteiger partial charge in [-0.3, -0.25) is 4.98 Å². The lowest BCUT2D eigenvalue weighted by molar-refractivity contribution is 0.948. The normalized spacial score (nSPS) is 10.5. The first-order valence-electron chi connectivity index (χ1n) is 6.80. The van der Waals surface area contributed by atoms with Gasteiger partial charge in [0.15, 0.2) is 0 Å². The fraction of sp³-hybridized carbons (Fsp3) is 0.125. The van der Waals surface area contributed by atoms with E-state index in [1.54, 1.807) is 30.9 Å². The van der Waals surface area contributed by atoms with E-state index in [0.717, 1.165) is 28.3 Å². The zero-order chi connectivity index (χ0) is 15.4. The van der Waals surface area contributed by atoms with Gasteiger partial charge in [-0.05, 0) is 31.2 Å². The van der Waals surface area contributed by atoms with Crippen LogP contribution in [0.25, 0.3) is 11.1 Å². The van der Waals surface area contributed by atoms with Crippen molar-refractivity contribution in [2.45, 2.75) is 13.5 Å². The van der Waals surface area contributed by atoms with Crippen LogP contribution in [0.5, 0.6) is 0 Å². The lowest BCUT2D eigenvalue weighted by atomic mass is 10.1. The Kier molecular flexibility index (Phi) is 4.25. The Labute approximate surface area is 133 Å². The molecule has 6 heteroatoms. The fourth-order valence-corrected chi connectivity index (χ4v) is 2.09. The topological polar surface area (TPSA) is 63.6 Å². The van der Waals surface area contributed by atoms with E-state index < -0.39 is 0 Å². The number of rotatable bonds is 4. The number of hydrogen-bond acceptors (Lipinski definition) is 5. The lowest BCUT2D eigenvalue weighted by Crippen LogP contribution is -2.04. The minimum Gasteiger partial charge on any atom is -0.378 e. The van der Waals surface area contributed by atoms with Crippen LogP contribution in [-0.4, -0.2) is 19.9 Å². The first kappa shape index (κ1) is 14.4. The van der Waals surface area contributed by atoms with Crippen molar-refractivity contribution in [3.63, 3.8) is 0 Å². The Morgan fingerprint density at radius 3 is 2.41 bits per heavy atom. The SMILES string of the molecule is Cc1cc(NCc2ncc(-c3ccc(Cl)nc3)cn2)ccn1. The van der Waals surface area contributed by atoms with Crippen LogP contribution in [0, 0.1) is 6.92 Å². The second-order valence-electron chi connectivity index (χ2n) is 4.80. The van der Waals surface area contributed by atoms with Crippen LogP contribution in [0.4, 0.5) is 5.69 Å². The molecule has 5 nitrogen and oxygen atoms in total. The van der Waals surface area contributed by atoms with E-state index in [9.17, 15) is 0 Å². The van der Waals surface area contributed by atoms with Crippen LogP contribution < -0.4 is 5.32 Å². The van der Waals surface area contributed by atoms with Crippen molar-refractivity contribution in [2.24, 2.45) is 0 Å². The molecule has 0 amide bonds. The summed E-state index contributed by atoms with van der Waals surface area (Å²) in [7, 11) is 0. The number of nitrogens with one attached hydrogen (secondary N) is 1. The predicted octanol–water partition coefficient (Wildman–Crippen LogP) is 3.51. The number of anilines is 1. The molecule has 3 aromatic heterocycles. The molecule has 110 valence electrons. The van der Waals surface area contributed by atoms with Gasteiger partial charge in [-0.1, -0.05) is 11.6 Å². The highest BCUT2D eigenvalue weighted by Crippen LogP contribution is 2.18. The molecule has 0 unspecified atom stereocenters. The molecule has 0 radical (unpaired) electrons. The average molecular weight is 312 g/mol. The van der Waals surface area contributed by atoms with E-state index >= 15 is 0 Å². The van der Waals surface area contributed by atoms with Gasteiger partial charge in [0.1, 0.15) is 11.0 Å². The van der Waals surface area contributed by atoms with Crippen molar-refractivity contribution in [1.29, 1.82) is 0 Å². The van der Waals surface area contributed by atoms with Crippen molar-refractivity contribution in [2.75, 3.05) is 5.32 Å². The molecule has 0 atom stereocenters. The molecule has 0 aliphatic heterocycles. The van der Waals surface area contributed by atoms with Crippen molar-refractivity contribution in [1.82, 2.24) is 19.9 Å². The zero-order valence-corrected chi connectivity index (χ0v) is 12.7. The number of aromatic nitrogens is 4. The molecule has 0 saturated carbocycles. The summed E-state index contributed by atoms with van der Waals surface area (Å²) in [6.07, 6.45) is 7.05. The highest BCUT2D eigenvalue weighted by atomic mass is 35.5. The largest absolute Gasteiger partial charge is 0.378 e. The number of nitrogens with zero attached hydrogens (tertiary/aromatic N) is 4. The maximum atomic E-state index is 5.78. The van der Waals surface area contributed by atoms with Gasteiger partial charge in [0.2, 0.25) is 0 Å². The van der Waals surface area contributed by atoms with Crippen molar-refractivity contribution in [3.05, 3.63) is 65.7 Å². The van der Waals surface area contributed by atoms with Crippen LogP contribution in [0.3, 0.4) is 0 Å². The van der Waals surface area contributed by atoms with Gasteiger partial charge in [-0.2, -0.15) is 0 Å². The smallest absolute Gasteiger partial charge is 0.147 e. The molecule has 0 saturated heterocycles. The molecular weight excluding hydrogens is 298 g/mol. The molecule has 0 fully saturated rings. The molecule has 3 rings (SSSR count). The minimum atomic E-state index is 0.470. The van der Waals surface area contributed by atoms with Crippen molar-refractivity contribution < 1.29 is 0 Å². The number of hydrogen-bond donors (Lipinski definition) is 1. The molecule has 22 heavy (non-hydrogen) atoms. The van der Waals surface area contributed by atoms with Gasteiger partial charge in [-0.25, -0.2) is 15.0 Å². The van der Waals surface area contributed by atoms with E-state index in [2.05, 4.69) is 25.3 Å². The first-order valence-corrected chi connectivity index (χ1v) is 7.18. The molecule has 3 aromatic rings. The van der Waals surface area contributed by atoms with Gasteiger partial charge >= 0.3 is 0 Å². The summed E-state index contributed by atoms with van der Waals surface area (Å²) in [6.45, 7) is 2.51. The highest BCUT2D eigenvalue weighted by molar-refractivity contribution is 6.29. The maximum absolute atomic E-state index is 5.78. The third-order valence-electron chi connectivity index (χ3n) is 3.11. The molecule has 1 N–H and O–H groups in total. The van der Waals surface area contributed by atoms with E-state index in [0.29, 0.717) is 11.7 Å². The summed E-state index contributed by atoms with van der Waals surface area (Å²) in [5, 5.41) is 3.74. The van der Waals surface area contributed by atoms with Gasteiger partial charge in [0.05, 0.1) is 6.54 Å². The summed E-state index contributed by atoms with van der Waals surface area (Å²) in [6, 6.07) is 7.54. The van der Waals surface area contributed by atoms with E-state index in [-0.39, 0.29) is 0 Å². The quantitative estimate of drug-likeness (QED) is 0.747. The first-order chi connectivity index (χ1) is 10.7. The maximum Gasteiger partial charge on any atom is 0.147 e. The van der Waals surface area contributed by atoms with Crippen LogP contribution >= 0.6 is 11.6 Å².